The Bertz CT molecular complexity index is 468. The molecule has 1 aromatic carbocycles. The predicted octanol–water partition coefficient (Wildman–Crippen LogP) is 2.17. The van der Waals surface area contributed by atoms with Crippen molar-refractivity contribution in [1.82, 2.24) is 5.32 Å². The Balaban J connectivity index is 2.22. The normalized spacial score (nSPS) is 23.3. The topological polar surface area (TPSA) is 38.3 Å². The molecule has 2 rings (SSSR count). The molecule has 1 N–H and O–H groups in total. The van der Waals surface area contributed by atoms with Crippen LogP contribution in [0.15, 0.2) is 12.1 Å². The van der Waals surface area contributed by atoms with E-state index >= 15 is 0 Å². The van der Waals surface area contributed by atoms with Gasteiger partial charge in [0, 0.05) is 19.2 Å². The summed E-state index contributed by atoms with van der Waals surface area (Å²) in [4.78, 5) is 12.5. The number of hydrogen-bond donors (Lipinski definition) is 1. The Kier molecular flexibility index (Phi) is 3.83. The lowest BCUT2D eigenvalue weighted by Gasteiger charge is -2.13. The number of ketones is 1. The number of rotatable bonds is 3. The molecule has 1 aromatic rings. The van der Waals surface area contributed by atoms with Crippen LogP contribution in [0.1, 0.15) is 33.5 Å². The van der Waals surface area contributed by atoms with E-state index in [1.54, 1.807) is 7.11 Å². The smallest absolute Gasteiger partial charge is 0.180 e. The van der Waals surface area contributed by atoms with E-state index in [0.717, 1.165) is 24.1 Å². The molecule has 0 radical (unpaired) electrons. The van der Waals surface area contributed by atoms with Gasteiger partial charge in [0.05, 0.1) is 12.1 Å². The first kappa shape index (κ1) is 13.2. The number of Topliss-reactive ketones (excluding diaryl/α,β-unsaturated/α-hetero) is 1. The summed E-state index contributed by atoms with van der Waals surface area (Å²) >= 11 is 0. The Hall–Kier alpha value is -1.19. The zero-order valence-electron chi connectivity index (χ0n) is 11.5. The third kappa shape index (κ3) is 2.47. The van der Waals surface area contributed by atoms with E-state index in [4.69, 9.17) is 4.74 Å². The average molecular weight is 247 g/mol. The highest BCUT2D eigenvalue weighted by Crippen LogP contribution is 2.20. The SMILES string of the molecule is COC1CNC(C(=O)c2cc(C)c(C)cc2C)C1. The molecule has 98 valence electrons. The van der Waals surface area contributed by atoms with Crippen LogP contribution in [0.2, 0.25) is 0 Å². The summed E-state index contributed by atoms with van der Waals surface area (Å²) < 4.78 is 5.29. The molecule has 0 amide bonds. The number of ether oxygens (including phenoxy) is 1. The Morgan fingerprint density at radius 2 is 1.89 bits per heavy atom. The molecule has 2 unspecified atom stereocenters. The number of hydrogen-bond acceptors (Lipinski definition) is 3. The summed E-state index contributed by atoms with van der Waals surface area (Å²) in [5.74, 6) is 0.190. The van der Waals surface area contributed by atoms with E-state index < -0.39 is 0 Å². The first-order valence-electron chi connectivity index (χ1n) is 6.41. The fraction of sp³-hybridized carbons (Fsp3) is 0.533. The lowest BCUT2D eigenvalue weighted by Crippen LogP contribution is -2.31. The van der Waals surface area contributed by atoms with Gasteiger partial charge in [0.25, 0.3) is 0 Å². The summed E-state index contributed by atoms with van der Waals surface area (Å²) in [5, 5.41) is 3.24. The number of methoxy groups -OCH3 is 1. The van der Waals surface area contributed by atoms with Crippen LogP contribution >= 0.6 is 0 Å². The molecule has 3 nitrogen and oxygen atoms in total. The van der Waals surface area contributed by atoms with Crippen molar-refractivity contribution < 1.29 is 9.53 Å². The van der Waals surface area contributed by atoms with E-state index in [1.807, 2.05) is 19.9 Å². The molecule has 1 saturated heterocycles. The van der Waals surface area contributed by atoms with Crippen LogP contribution in [0, 0.1) is 20.8 Å². The molecule has 1 fully saturated rings. The Labute approximate surface area is 109 Å². The van der Waals surface area contributed by atoms with Gasteiger partial charge in [-0.15, -0.1) is 0 Å². The number of carbonyl (C=O) groups excluding carboxylic acids is 1. The van der Waals surface area contributed by atoms with Gasteiger partial charge in [0.2, 0.25) is 0 Å². The van der Waals surface area contributed by atoms with Gasteiger partial charge in [0.1, 0.15) is 0 Å². The van der Waals surface area contributed by atoms with E-state index in [9.17, 15) is 4.79 Å². The number of nitrogens with one attached hydrogen (secondary N) is 1. The van der Waals surface area contributed by atoms with Gasteiger partial charge < -0.3 is 10.1 Å². The van der Waals surface area contributed by atoms with Crippen molar-refractivity contribution in [2.75, 3.05) is 13.7 Å². The number of carbonyl (C=O) groups is 1. The van der Waals surface area contributed by atoms with Gasteiger partial charge in [-0.25, -0.2) is 0 Å². The minimum atomic E-state index is -0.101. The van der Waals surface area contributed by atoms with Crippen LogP contribution < -0.4 is 5.32 Å². The van der Waals surface area contributed by atoms with E-state index in [-0.39, 0.29) is 17.9 Å². The first-order chi connectivity index (χ1) is 8.52. The van der Waals surface area contributed by atoms with Crippen LogP contribution in [-0.2, 0) is 4.74 Å². The molecular weight excluding hydrogens is 226 g/mol. The highest BCUT2D eigenvalue weighted by Gasteiger charge is 2.30. The second-order valence-corrected chi connectivity index (χ2v) is 5.17. The quantitative estimate of drug-likeness (QED) is 0.832. The molecule has 18 heavy (non-hydrogen) atoms. The molecule has 1 aliphatic rings. The second kappa shape index (κ2) is 5.21. The molecule has 1 heterocycles. The molecular formula is C15H21NO2. The van der Waals surface area contributed by atoms with Crippen molar-refractivity contribution in [2.24, 2.45) is 0 Å². The van der Waals surface area contributed by atoms with Crippen LogP contribution in [0.25, 0.3) is 0 Å². The highest BCUT2D eigenvalue weighted by atomic mass is 16.5. The lowest BCUT2D eigenvalue weighted by molar-refractivity contribution is 0.0918. The summed E-state index contributed by atoms with van der Waals surface area (Å²) in [6.07, 6.45) is 0.924. The fourth-order valence-electron chi connectivity index (χ4n) is 2.50. The van der Waals surface area contributed by atoms with Gasteiger partial charge in [-0.1, -0.05) is 6.07 Å². The molecule has 1 aliphatic heterocycles. The van der Waals surface area contributed by atoms with Gasteiger partial charge in [-0.05, 0) is 49.9 Å². The van der Waals surface area contributed by atoms with Crippen LogP contribution in [-0.4, -0.2) is 31.6 Å². The van der Waals surface area contributed by atoms with Crippen molar-refractivity contribution in [1.29, 1.82) is 0 Å². The van der Waals surface area contributed by atoms with Crippen molar-refractivity contribution in [3.8, 4) is 0 Å². The highest BCUT2D eigenvalue weighted by molar-refractivity contribution is 6.01. The zero-order valence-corrected chi connectivity index (χ0v) is 11.5. The number of aryl methyl sites for hydroxylation is 3. The van der Waals surface area contributed by atoms with Gasteiger partial charge in [-0.3, -0.25) is 4.79 Å². The Morgan fingerprint density at radius 3 is 2.50 bits per heavy atom. The van der Waals surface area contributed by atoms with Crippen LogP contribution in [0.5, 0.6) is 0 Å². The van der Waals surface area contributed by atoms with E-state index in [2.05, 4.69) is 18.3 Å². The van der Waals surface area contributed by atoms with Crippen molar-refractivity contribution >= 4 is 5.78 Å². The minimum Gasteiger partial charge on any atom is -0.380 e. The zero-order chi connectivity index (χ0) is 13.3. The molecule has 0 spiro atoms. The largest absolute Gasteiger partial charge is 0.380 e. The summed E-state index contributed by atoms with van der Waals surface area (Å²) in [6.45, 7) is 6.89. The van der Waals surface area contributed by atoms with Crippen molar-refractivity contribution in [3.05, 3.63) is 34.4 Å². The molecule has 2 atom stereocenters. The molecule has 0 saturated carbocycles. The average Bonchev–Trinajstić information content (AvgIpc) is 2.81. The summed E-state index contributed by atoms with van der Waals surface area (Å²) in [7, 11) is 1.69. The van der Waals surface area contributed by atoms with Crippen LogP contribution in [0.4, 0.5) is 0 Å². The van der Waals surface area contributed by atoms with Crippen LogP contribution in [0.3, 0.4) is 0 Å². The van der Waals surface area contributed by atoms with Gasteiger partial charge >= 0.3 is 0 Å². The third-order valence-electron chi connectivity index (χ3n) is 3.85. The standard InChI is InChI=1S/C15H21NO2/c1-9-5-11(3)13(6-10(9)2)15(17)14-7-12(18-4)8-16-14/h5-6,12,14,16H,7-8H2,1-4H3. The maximum atomic E-state index is 12.5. The maximum Gasteiger partial charge on any atom is 0.180 e. The summed E-state index contributed by atoms with van der Waals surface area (Å²) in [6, 6.07) is 4.00. The fourth-order valence-corrected chi connectivity index (χ4v) is 2.50. The molecule has 3 heteroatoms. The van der Waals surface area contributed by atoms with Crippen molar-refractivity contribution in [3.63, 3.8) is 0 Å². The maximum absolute atomic E-state index is 12.5. The van der Waals surface area contributed by atoms with E-state index in [0.29, 0.717) is 0 Å². The second-order valence-electron chi connectivity index (χ2n) is 5.17. The monoisotopic (exact) mass is 247 g/mol. The minimum absolute atomic E-state index is 0.101. The lowest BCUT2D eigenvalue weighted by atomic mass is 9.94. The third-order valence-corrected chi connectivity index (χ3v) is 3.85. The van der Waals surface area contributed by atoms with Gasteiger partial charge in [0.15, 0.2) is 5.78 Å². The molecule has 0 aromatic heterocycles. The first-order valence-corrected chi connectivity index (χ1v) is 6.41. The van der Waals surface area contributed by atoms with Crippen molar-refractivity contribution in [2.45, 2.75) is 39.3 Å². The Morgan fingerprint density at radius 1 is 1.22 bits per heavy atom. The van der Waals surface area contributed by atoms with Gasteiger partial charge in [-0.2, -0.15) is 0 Å². The summed E-state index contributed by atoms with van der Waals surface area (Å²) in [5.41, 5.74) is 4.31. The van der Waals surface area contributed by atoms with E-state index in [1.165, 1.54) is 11.1 Å². The molecule has 0 aliphatic carbocycles. The molecule has 0 bridgehead atoms. The predicted molar refractivity (Wildman–Crippen MR) is 72.2 cm³/mol. The number of benzene rings is 1.